The minimum atomic E-state index is -3.55. The average Bonchev–Trinajstić information content (AvgIpc) is 2.48. The molecule has 1 aliphatic heterocycles. The van der Waals surface area contributed by atoms with E-state index in [-0.39, 0.29) is 24.9 Å². The molecule has 0 bridgehead atoms. The number of hydrogen-bond acceptors (Lipinski definition) is 4. The van der Waals surface area contributed by atoms with Crippen molar-refractivity contribution in [2.75, 3.05) is 19.6 Å². The third-order valence-corrected chi connectivity index (χ3v) is 6.60. The third kappa shape index (κ3) is 5.49. The van der Waals surface area contributed by atoms with Gasteiger partial charge < -0.3 is 9.64 Å². The molecule has 1 atom stereocenters. The number of benzene rings is 1. The molecule has 26 heavy (non-hydrogen) atoms. The molecule has 2 rings (SSSR count). The number of ether oxygens (including phenoxy) is 1. The topological polar surface area (TPSA) is 66.9 Å². The number of rotatable bonds is 3. The average molecular weight is 423 g/mol. The molecule has 0 spiro atoms. The van der Waals surface area contributed by atoms with Crippen molar-refractivity contribution in [3.63, 3.8) is 0 Å². The van der Waals surface area contributed by atoms with E-state index < -0.39 is 21.7 Å². The van der Waals surface area contributed by atoms with Crippen LogP contribution in [0.15, 0.2) is 18.2 Å². The number of carbonyl (C=O) groups excluding carboxylic acids is 1. The summed E-state index contributed by atoms with van der Waals surface area (Å²) in [6.07, 6.45) is -0.425. The summed E-state index contributed by atoms with van der Waals surface area (Å²) in [6.45, 7) is 7.98. The summed E-state index contributed by atoms with van der Waals surface area (Å²) in [6, 6.07) is 4.44. The fourth-order valence-corrected chi connectivity index (χ4v) is 4.83. The molecule has 1 amide bonds. The van der Waals surface area contributed by atoms with Gasteiger partial charge in [0.25, 0.3) is 0 Å². The lowest BCUT2D eigenvalue weighted by molar-refractivity contribution is 0.0143. The van der Waals surface area contributed by atoms with Crippen molar-refractivity contribution >= 4 is 39.3 Å². The Morgan fingerprint density at radius 2 is 1.88 bits per heavy atom. The van der Waals surface area contributed by atoms with Crippen molar-refractivity contribution in [3.8, 4) is 0 Å². The number of halogens is 2. The van der Waals surface area contributed by atoms with Crippen molar-refractivity contribution in [3.05, 3.63) is 33.8 Å². The van der Waals surface area contributed by atoms with Gasteiger partial charge in [0.15, 0.2) is 0 Å². The van der Waals surface area contributed by atoms with E-state index in [1.807, 2.05) is 0 Å². The van der Waals surface area contributed by atoms with E-state index in [0.29, 0.717) is 22.2 Å². The Kier molecular flexibility index (Phi) is 6.48. The first-order valence-corrected chi connectivity index (χ1v) is 10.7. The Morgan fingerprint density at radius 1 is 1.23 bits per heavy atom. The lowest BCUT2D eigenvalue weighted by Crippen LogP contribution is -2.56. The number of carbonyl (C=O) groups is 1. The molecule has 6 nitrogen and oxygen atoms in total. The highest BCUT2D eigenvalue weighted by molar-refractivity contribution is 7.88. The molecular formula is C17H24Cl2N2O4S. The molecule has 0 saturated carbocycles. The van der Waals surface area contributed by atoms with E-state index in [4.69, 9.17) is 27.9 Å². The number of sulfonamides is 1. The lowest BCUT2D eigenvalue weighted by atomic mass is 10.2. The van der Waals surface area contributed by atoms with Crippen molar-refractivity contribution in [2.24, 2.45) is 0 Å². The van der Waals surface area contributed by atoms with Crippen LogP contribution in [-0.4, -0.2) is 55.0 Å². The van der Waals surface area contributed by atoms with Crippen LogP contribution in [0.5, 0.6) is 0 Å². The van der Waals surface area contributed by atoms with Gasteiger partial charge in [-0.3, -0.25) is 0 Å². The number of hydrogen-bond donors (Lipinski definition) is 0. The molecule has 1 aromatic rings. The first kappa shape index (κ1) is 21.3. The molecule has 0 unspecified atom stereocenters. The molecule has 1 fully saturated rings. The maximum atomic E-state index is 12.8. The Hall–Kier alpha value is -1.02. The first-order chi connectivity index (χ1) is 11.9. The van der Waals surface area contributed by atoms with Crippen molar-refractivity contribution in [1.29, 1.82) is 0 Å². The zero-order valence-electron chi connectivity index (χ0n) is 15.3. The molecule has 146 valence electrons. The van der Waals surface area contributed by atoms with Crippen LogP contribution in [0.1, 0.15) is 33.3 Å². The predicted molar refractivity (Wildman–Crippen MR) is 103 cm³/mol. The van der Waals surface area contributed by atoms with Crippen LogP contribution in [0.4, 0.5) is 4.79 Å². The van der Waals surface area contributed by atoms with Gasteiger partial charge in [0, 0.05) is 25.7 Å². The molecule has 0 N–H and O–H groups in total. The Bertz CT molecular complexity index is 777. The third-order valence-electron chi connectivity index (χ3n) is 3.91. The molecule has 1 aliphatic rings. The van der Waals surface area contributed by atoms with Gasteiger partial charge in [0.2, 0.25) is 10.0 Å². The van der Waals surface area contributed by atoms with E-state index >= 15 is 0 Å². The number of amides is 1. The van der Waals surface area contributed by atoms with Crippen molar-refractivity contribution < 1.29 is 17.9 Å². The maximum Gasteiger partial charge on any atom is 0.410 e. The van der Waals surface area contributed by atoms with Gasteiger partial charge >= 0.3 is 6.09 Å². The molecule has 9 heteroatoms. The lowest BCUT2D eigenvalue weighted by Gasteiger charge is -2.39. The summed E-state index contributed by atoms with van der Waals surface area (Å²) in [5.74, 6) is -0.166. The number of piperazine rings is 1. The van der Waals surface area contributed by atoms with E-state index in [1.165, 1.54) is 4.31 Å². The standard InChI is InChI=1S/C17H24Cl2N2O4S/c1-12-10-20(16(22)25-17(2,3)4)7-8-21(12)26(23,24)11-13-5-6-14(18)15(19)9-13/h5-6,9,12H,7-8,10-11H2,1-4H3/t12-/m1/s1. The fourth-order valence-electron chi connectivity index (χ4n) is 2.77. The molecule has 0 aliphatic carbocycles. The highest BCUT2D eigenvalue weighted by atomic mass is 35.5. The highest BCUT2D eigenvalue weighted by Gasteiger charge is 2.35. The van der Waals surface area contributed by atoms with Gasteiger partial charge in [-0.2, -0.15) is 4.31 Å². The van der Waals surface area contributed by atoms with E-state index in [1.54, 1.807) is 50.8 Å². The monoisotopic (exact) mass is 422 g/mol. The molecule has 1 aromatic carbocycles. The summed E-state index contributed by atoms with van der Waals surface area (Å²) in [5.41, 5.74) is -0.0154. The summed E-state index contributed by atoms with van der Waals surface area (Å²) in [5, 5.41) is 0.703. The molecule has 0 radical (unpaired) electrons. The predicted octanol–water partition coefficient (Wildman–Crippen LogP) is 3.76. The van der Waals surface area contributed by atoms with Crippen LogP contribution in [-0.2, 0) is 20.5 Å². The molecule has 0 aromatic heterocycles. The number of nitrogens with zero attached hydrogens (tertiary/aromatic N) is 2. The fraction of sp³-hybridized carbons (Fsp3) is 0.588. The van der Waals surface area contributed by atoms with E-state index in [9.17, 15) is 13.2 Å². The van der Waals surface area contributed by atoms with Gasteiger partial charge in [-0.25, -0.2) is 13.2 Å². The minimum Gasteiger partial charge on any atom is -0.444 e. The maximum absolute atomic E-state index is 12.8. The van der Waals surface area contributed by atoms with Crippen LogP contribution in [0.2, 0.25) is 10.0 Å². The smallest absolute Gasteiger partial charge is 0.410 e. The van der Waals surface area contributed by atoms with Gasteiger partial charge in [-0.15, -0.1) is 0 Å². The van der Waals surface area contributed by atoms with Crippen LogP contribution < -0.4 is 0 Å². The Balaban J connectivity index is 2.05. The quantitative estimate of drug-likeness (QED) is 0.743. The first-order valence-electron chi connectivity index (χ1n) is 8.30. The second kappa shape index (κ2) is 7.92. The Labute approximate surface area is 165 Å². The van der Waals surface area contributed by atoms with Crippen molar-refractivity contribution in [1.82, 2.24) is 9.21 Å². The SMILES string of the molecule is C[C@@H]1CN(C(=O)OC(C)(C)C)CCN1S(=O)(=O)Cc1ccc(Cl)c(Cl)c1. The Morgan fingerprint density at radius 3 is 2.42 bits per heavy atom. The second-order valence-electron chi connectivity index (χ2n) is 7.39. The van der Waals surface area contributed by atoms with Crippen LogP contribution in [0.25, 0.3) is 0 Å². The summed E-state index contributed by atoms with van der Waals surface area (Å²) in [7, 11) is -3.55. The minimum absolute atomic E-state index is 0.166. The van der Waals surface area contributed by atoms with Gasteiger partial charge in [-0.05, 0) is 45.4 Å². The van der Waals surface area contributed by atoms with Gasteiger partial charge in [0.1, 0.15) is 5.60 Å². The van der Waals surface area contributed by atoms with Crippen LogP contribution in [0, 0.1) is 0 Å². The van der Waals surface area contributed by atoms with Crippen LogP contribution >= 0.6 is 23.2 Å². The van der Waals surface area contributed by atoms with Crippen molar-refractivity contribution in [2.45, 2.75) is 45.1 Å². The second-order valence-corrected chi connectivity index (χ2v) is 10.1. The normalized spacial score (nSPS) is 19.5. The van der Waals surface area contributed by atoms with E-state index in [2.05, 4.69) is 0 Å². The van der Waals surface area contributed by atoms with Crippen LogP contribution in [0.3, 0.4) is 0 Å². The van der Waals surface area contributed by atoms with Gasteiger partial charge in [-0.1, -0.05) is 29.3 Å². The largest absolute Gasteiger partial charge is 0.444 e. The zero-order valence-corrected chi connectivity index (χ0v) is 17.7. The summed E-state index contributed by atoms with van der Waals surface area (Å²) >= 11 is 11.8. The summed E-state index contributed by atoms with van der Waals surface area (Å²) in [4.78, 5) is 13.7. The highest BCUT2D eigenvalue weighted by Crippen LogP contribution is 2.25. The summed E-state index contributed by atoms with van der Waals surface area (Å²) < 4.78 is 32.3. The molecular weight excluding hydrogens is 399 g/mol. The molecule has 1 saturated heterocycles. The molecule has 1 heterocycles. The van der Waals surface area contributed by atoms with E-state index in [0.717, 1.165) is 0 Å². The van der Waals surface area contributed by atoms with Gasteiger partial charge in [0.05, 0.1) is 15.8 Å². The zero-order chi connectivity index (χ0) is 19.7.